The molecule has 0 aliphatic heterocycles. The molecule has 0 aliphatic carbocycles. The van der Waals surface area contributed by atoms with Crippen molar-refractivity contribution < 1.29 is 13.9 Å². The number of methoxy groups -OCH3 is 1. The van der Waals surface area contributed by atoms with E-state index in [9.17, 15) is 4.39 Å². The van der Waals surface area contributed by atoms with E-state index in [2.05, 4.69) is 36.6 Å². The van der Waals surface area contributed by atoms with Crippen molar-refractivity contribution in [2.24, 2.45) is 5.10 Å². The summed E-state index contributed by atoms with van der Waals surface area (Å²) in [5.41, 5.74) is 7.11. The molecule has 0 saturated heterocycles. The Morgan fingerprint density at radius 2 is 2.08 bits per heavy atom. The Kier molecular flexibility index (Phi) is 5.42. The van der Waals surface area contributed by atoms with Crippen molar-refractivity contribution in [2.75, 3.05) is 12.8 Å². The molecule has 0 radical (unpaired) electrons. The first-order valence-corrected chi connectivity index (χ1v) is 8.19. The Labute approximate surface area is 156 Å². The van der Waals surface area contributed by atoms with Crippen LogP contribution in [0.25, 0.3) is 0 Å². The summed E-state index contributed by atoms with van der Waals surface area (Å²) in [6.45, 7) is 0.268. The Bertz CT molecular complexity index is 929. The number of hydrogen-bond donors (Lipinski definition) is 1. The highest BCUT2D eigenvalue weighted by Gasteiger charge is 2.12. The third kappa shape index (κ3) is 4.14. The van der Waals surface area contributed by atoms with Gasteiger partial charge in [-0.1, -0.05) is 22.0 Å². The molecule has 1 heterocycles. The minimum absolute atomic E-state index is 0.0755. The molecule has 0 saturated carbocycles. The number of nitrogens with zero attached hydrogens (tertiary/aromatic N) is 5. The van der Waals surface area contributed by atoms with Crippen molar-refractivity contribution in [2.45, 2.75) is 6.61 Å². The molecule has 26 heavy (non-hydrogen) atoms. The van der Waals surface area contributed by atoms with E-state index in [4.69, 9.17) is 15.2 Å². The molecule has 0 amide bonds. The van der Waals surface area contributed by atoms with Gasteiger partial charge in [0.1, 0.15) is 12.4 Å². The van der Waals surface area contributed by atoms with Crippen LogP contribution in [0.3, 0.4) is 0 Å². The van der Waals surface area contributed by atoms with Gasteiger partial charge in [0.15, 0.2) is 11.5 Å². The number of benzene rings is 2. The van der Waals surface area contributed by atoms with Crippen LogP contribution in [0.4, 0.5) is 10.3 Å². The molecule has 1 aromatic heterocycles. The first kappa shape index (κ1) is 17.8. The lowest BCUT2D eigenvalue weighted by Crippen LogP contribution is -2.01. The van der Waals surface area contributed by atoms with E-state index in [1.54, 1.807) is 24.3 Å². The van der Waals surface area contributed by atoms with Crippen LogP contribution in [0.5, 0.6) is 11.5 Å². The van der Waals surface area contributed by atoms with E-state index in [-0.39, 0.29) is 18.4 Å². The second-order valence-electron chi connectivity index (χ2n) is 5.12. The van der Waals surface area contributed by atoms with Gasteiger partial charge in [0, 0.05) is 0 Å². The first-order valence-electron chi connectivity index (χ1n) is 7.40. The Balaban J connectivity index is 1.79. The lowest BCUT2D eigenvalue weighted by molar-refractivity contribution is 0.282. The molecule has 0 unspecified atom stereocenters. The van der Waals surface area contributed by atoms with Gasteiger partial charge < -0.3 is 15.2 Å². The molecular weight excluding hydrogens is 407 g/mol. The topological polar surface area (TPSA) is 100 Å². The summed E-state index contributed by atoms with van der Waals surface area (Å²) in [6, 6.07) is 9.63. The van der Waals surface area contributed by atoms with E-state index < -0.39 is 0 Å². The summed E-state index contributed by atoms with van der Waals surface area (Å²) >= 11 is 3.46. The van der Waals surface area contributed by atoms with Crippen molar-refractivity contribution in [3.8, 4) is 11.5 Å². The molecule has 0 spiro atoms. The number of halogens is 2. The average Bonchev–Trinajstić information content (AvgIpc) is 3.05. The molecule has 2 aromatic carbocycles. The second-order valence-corrected chi connectivity index (χ2v) is 5.97. The predicted molar refractivity (Wildman–Crippen MR) is 96.6 cm³/mol. The summed E-state index contributed by atoms with van der Waals surface area (Å²) < 4.78 is 24.8. The molecule has 0 atom stereocenters. The van der Waals surface area contributed by atoms with Gasteiger partial charge in [-0.25, -0.2) is 4.39 Å². The quantitative estimate of drug-likeness (QED) is 0.615. The molecule has 3 rings (SSSR count). The van der Waals surface area contributed by atoms with Crippen molar-refractivity contribution in [3.63, 3.8) is 0 Å². The third-order valence-corrected chi connectivity index (χ3v) is 3.93. The fraction of sp³-hybridized carbons (Fsp3) is 0.125. The average molecular weight is 421 g/mol. The van der Waals surface area contributed by atoms with Gasteiger partial charge in [-0.15, -0.1) is 0 Å². The molecule has 8 nitrogen and oxygen atoms in total. The van der Waals surface area contributed by atoms with E-state index in [0.717, 1.165) is 15.9 Å². The zero-order valence-electron chi connectivity index (χ0n) is 13.6. The smallest absolute Gasteiger partial charge is 0.263 e. The van der Waals surface area contributed by atoms with Crippen molar-refractivity contribution in [1.29, 1.82) is 0 Å². The number of tetrazole rings is 1. The minimum Gasteiger partial charge on any atom is -0.493 e. The van der Waals surface area contributed by atoms with E-state index in [0.29, 0.717) is 16.0 Å². The maximum Gasteiger partial charge on any atom is 0.263 e. The van der Waals surface area contributed by atoms with Gasteiger partial charge in [-0.2, -0.15) is 5.10 Å². The molecular formula is C16H14BrFN6O2. The van der Waals surface area contributed by atoms with Crippen LogP contribution >= 0.6 is 15.9 Å². The lowest BCUT2D eigenvalue weighted by atomic mass is 10.2. The summed E-state index contributed by atoms with van der Waals surface area (Å²) in [6.07, 6.45) is 1.53. The normalized spacial score (nSPS) is 11.0. The molecule has 0 bridgehead atoms. The highest BCUT2D eigenvalue weighted by molar-refractivity contribution is 9.10. The van der Waals surface area contributed by atoms with Crippen molar-refractivity contribution in [3.05, 3.63) is 57.8 Å². The number of nitrogens with two attached hydrogens (primary N) is 1. The highest BCUT2D eigenvalue weighted by Crippen LogP contribution is 2.36. The number of ether oxygens (including phenoxy) is 2. The van der Waals surface area contributed by atoms with Gasteiger partial charge in [0.2, 0.25) is 0 Å². The zero-order chi connectivity index (χ0) is 18.5. The van der Waals surface area contributed by atoms with Crippen LogP contribution in [0.1, 0.15) is 11.1 Å². The number of rotatable bonds is 6. The summed E-state index contributed by atoms with van der Waals surface area (Å²) in [5, 5.41) is 14.6. The van der Waals surface area contributed by atoms with Gasteiger partial charge >= 0.3 is 0 Å². The fourth-order valence-electron chi connectivity index (χ4n) is 2.08. The summed E-state index contributed by atoms with van der Waals surface area (Å²) in [4.78, 5) is 1.10. The lowest BCUT2D eigenvalue weighted by Gasteiger charge is -2.13. The molecule has 0 fully saturated rings. The SMILES string of the molecule is COc1cc(C=Nn2nnnc2N)cc(Br)c1OCc1ccc(F)cc1. The number of anilines is 1. The van der Waals surface area contributed by atoms with Crippen molar-refractivity contribution in [1.82, 2.24) is 20.3 Å². The summed E-state index contributed by atoms with van der Waals surface area (Å²) in [5.74, 6) is 0.814. The molecule has 134 valence electrons. The maximum atomic E-state index is 13.0. The zero-order valence-corrected chi connectivity index (χ0v) is 15.2. The van der Waals surface area contributed by atoms with Gasteiger partial charge in [0.05, 0.1) is 17.8 Å². The van der Waals surface area contributed by atoms with E-state index in [1.165, 1.54) is 25.5 Å². The maximum absolute atomic E-state index is 13.0. The standard InChI is InChI=1S/C16H14BrFN6O2/c1-25-14-7-11(8-20-24-16(19)21-22-23-24)6-13(17)15(14)26-9-10-2-4-12(18)5-3-10/h2-8H,9H2,1H3,(H2,19,21,23). The molecule has 10 heteroatoms. The van der Waals surface area contributed by atoms with Crippen LogP contribution in [0, 0.1) is 5.82 Å². The Morgan fingerprint density at radius 1 is 1.31 bits per heavy atom. The second kappa shape index (κ2) is 7.91. The van der Waals surface area contributed by atoms with Crippen LogP contribution in [0.2, 0.25) is 0 Å². The Morgan fingerprint density at radius 3 is 2.73 bits per heavy atom. The van der Waals surface area contributed by atoms with Crippen LogP contribution in [-0.4, -0.2) is 33.6 Å². The number of hydrogen-bond acceptors (Lipinski definition) is 7. The van der Waals surface area contributed by atoms with Crippen molar-refractivity contribution >= 4 is 28.1 Å². The van der Waals surface area contributed by atoms with E-state index in [1.807, 2.05) is 0 Å². The summed E-state index contributed by atoms with van der Waals surface area (Å²) in [7, 11) is 1.53. The van der Waals surface area contributed by atoms with Gasteiger partial charge in [0.25, 0.3) is 5.95 Å². The van der Waals surface area contributed by atoms with Gasteiger partial charge in [-0.3, -0.25) is 0 Å². The number of nitrogen functional groups attached to an aromatic ring is 1. The predicted octanol–water partition coefficient (Wildman–Crippen LogP) is 2.63. The molecule has 3 aromatic rings. The molecule has 2 N–H and O–H groups in total. The van der Waals surface area contributed by atoms with Gasteiger partial charge in [-0.05, 0) is 61.7 Å². The monoisotopic (exact) mass is 420 g/mol. The van der Waals surface area contributed by atoms with E-state index >= 15 is 0 Å². The highest BCUT2D eigenvalue weighted by atomic mass is 79.9. The Hall–Kier alpha value is -3.01. The fourth-order valence-corrected chi connectivity index (χ4v) is 2.66. The largest absolute Gasteiger partial charge is 0.493 e. The third-order valence-electron chi connectivity index (χ3n) is 3.34. The minimum atomic E-state index is -0.292. The van der Waals surface area contributed by atoms with Crippen LogP contribution < -0.4 is 15.2 Å². The van der Waals surface area contributed by atoms with Crippen LogP contribution in [0.15, 0.2) is 46.0 Å². The number of aromatic nitrogens is 4. The van der Waals surface area contributed by atoms with Crippen LogP contribution in [-0.2, 0) is 6.61 Å². The first-order chi connectivity index (χ1) is 12.6. The molecule has 0 aliphatic rings.